The lowest BCUT2D eigenvalue weighted by atomic mass is 9.40. The summed E-state index contributed by atoms with van der Waals surface area (Å²) in [6.07, 6.45) is 1.44. The van der Waals surface area contributed by atoms with Crippen LogP contribution >= 0.6 is 0 Å². The molecule has 0 bridgehead atoms. The summed E-state index contributed by atoms with van der Waals surface area (Å²) in [5.41, 5.74) is -3.23. The standard InChI is InChI=1S/C24H34O7/c1-12(25)19-15(26)10-22(4)16-8-7-13(21(2,3)20(30)31)14(9-18(28)29)24(16,6)17(27)11-23(19,22)5/h7,14-16,19,26H,8-11H2,1-6H3,(H,28,29)(H,30,31)/t14-,15+,16+,19-,22+,23+,24-/m1/s1. The van der Waals surface area contributed by atoms with Crippen molar-refractivity contribution in [1.82, 2.24) is 0 Å². The van der Waals surface area contributed by atoms with Crippen LogP contribution in [-0.4, -0.2) is 44.9 Å². The van der Waals surface area contributed by atoms with Gasteiger partial charge in [-0.15, -0.1) is 0 Å². The van der Waals surface area contributed by atoms with Crippen molar-refractivity contribution in [3.63, 3.8) is 0 Å². The summed E-state index contributed by atoms with van der Waals surface area (Å²) in [4.78, 5) is 50.1. The Hall–Kier alpha value is -2.02. The Kier molecular flexibility index (Phi) is 5.33. The van der Waals surface area contributed by atoms with E-state index in [4.69, 9.17) is 0 Å². The molecule has 7 nitrogen and oxygen atoms in total. The summed E-state index contributed by atoms with van der Waals surface area (Å²) in [5.74, 6) is -4.15. The van der Waals surface area contributed by atoms with Gasteiger partial charge in [0.1, 0.15) is 11.6 Å². The summed E-state index contributed by atoms with van der Waals surface area (Å²) in [6, 6.07) is 0. The first-order valence-corrected chi connectivity index (χ1v) is 10.9. The van der Waals surface area contributed by atoms with Crippen LogP contribution in [0.4, 0.5) is 0 Å². The van der Waals surface area contributed by atoms with Crippen molar-refractivity contribution in [3.8, 4) is 0 Å². The molecule has 0 spiro atoms. The van der Waals surface area contributed by atoms with Crippen LogP contribution in [0.3, 0.4) is 0 Å². The Morgan fingerprint density at radius 2 is 1.71 bits per heavy atom. The largest absolute Gasteiger partial charge is 0.481 e. The van der Waals surface area contributed by atoms with Gasteiger partial charge in [-0.3, -0.25) is 19.2 Å². The molecule has 0 aliphatic heterocycles. The average molecular weight is 435 g/mol. The van der Waals surface area contributed by atoms with E-state index in [1.54, 1.807) is 20.8 Å². The Labute approximate surface area is 182 Å². The minimum Gasteiger partial charge on any atom is -0.481 e. The van der Waals surface area contributed by atoms with E-state index >= 15 is 0 Å². The number of ketones is 2. The van der Waals surface area contributed by atoms with E-state index in [-0.39, 0.29) is 30.3 Å². The van der Waals surface area contributed by atoms with Gasteiger partial charge in [0.05, 0.1) is 17.9 Å². The number of aliphatic hydroxyl groups is 1. The number of aliphatic carboxylic acids is 2. The predicted molar refractivity (Wildman–Crippen MR) is 112 cm³/mol. The number of hydrogen-bond donors (Lipinski definition) is 3. The molecular weight excluding hydrogens is 400 g/mol. The molecule has 0 unspecified atom stereocenters. The molecule has 3 aliphatic rings. The summed E-state index contributed by atoms with van der Waals surface area (Å²) in [5, 5.41) is 30.3. The fourth-order valence-electron chi connectivity index (χ4n) is 7.48. The van der Waals surface area contributed by atoms with Gasteiger partial charge in [0.2, 0.25) is 0 Å². The second kappa shape index (κ2) is 6.99. The van der Waals surface area contributed by atoms with Gasteiger partial charge in [-0.25, -0.2) is 0 Å². The summed E-state index contributed by atoms with van der Waals surface area (Å²) in [6.45, 7) is 10.2. The van der Waals surface area contributed by atoms with E-state index in [0.717, 1.165) is 0 Å². The summed E-state index contributed by atoms with van der Waals surface area (Å²) >= 11 is 0. The van der Waals surface area contributed by atoms with Gasteiger partial charge in [0.25, 0.3) is 0 Å². The van der Waals surface area contributed by atoms with Crippen LogP contribution in [0.1, 0.15) is 67.2 Å². The Morgan fingerprint density at radius 3 is 2.19 bits per heavy atom. The number of carbonyl (C=O) groups is 4. The number of rotatable bonds is 5. The first kappa shape index (κ1) is 23.6. The highest BCUT2D eigenvalue weighted by Gasteiger charge is 2.72. The number of carboxylic acid groups (broad SMARTS) is 2. The van der Waals surface area contributed by atoms with Gasteiger partial charge in [-0.2, -0.15) is 0 Å². The Balaban J connectivity index is 2.23. The van der Waals surface area contributed by atoms with Crippen molar-refractivity contribution in [2.75, 3.05) is 0 Å². The maximum Gasteiger partial charge on any atom is 0.313 e. The van der Waals surface area contributed by atoms with Crippen LogP contribution in [0.2, 0.25) is 0 Å². The number of carbonyl (C=O) groups excluding carboxylic acids is 2. The molecule has 3 N–H and O–H groups in total. The maximum atomic E-state index is 13.8. The van der Waals surface area contributed by atoms with E-state index in [0.29, 0.717) is 18.4 Å². The van der Waals surface area contributed by atoms with Crippen LogP contribution in [0, 0.1) is 39.4 Å². The second-order valence-corrected chi connectivity index (χ2v) is 11.1. The first-order valence-electron chi connectivity index (χ1n) is 10.9. The molecular formula is C24H34O7. The molecule has 7 atom stereocenters. The van der Waals surface area contributed by atoms with Crippen molar-refractivity contribution in [2.24, 2.45) is 39.4 Å². The van der Waals surface area contributed by atoms with Gasteiger partial charge in [-0.05, 0) is 50.4 Å². The molecule has 0 saturated heterocycles. The molecule has 2 fully saturated rings. The zero-order valence-corrected chi connectivity index (χ0v) is 19.2. The Morgan fingerprint density at radius 1 is 1.13 bits per heavy atom. The molecule has 0 aromatic carbocycles. The molecule has 31 heavy (non-hydrogen) atoms. The lowest BCUT2D eigenvalue weighted by Crippen LogP contribution is -2.62. The monoisotopic (exact) mass is 434 g/mol. The molecule has 3 aliphatic carbocycles. The SMILES string of the molecule is CC(=O)[C@@H]1[C@@H](O)C[C@@]2(C)[C@@H]3CC=C(C(C)(C)C(=O)O)[C@@H](CC(=O)O)[C@@]3(C)C(=O)C[C@@]12C. The summed E-state index contributed by atoms with van der Waals surface area (Å²) < 4.78 is 0. The van der Waals surface area contributed by atoms with Crippen LogP contribution in [0.5, 0.6) is 0 Å². The first-order chi connectivity index (χ1) is 14.0. The third kappa shape index (κ3) is 2.95. The van der Waals surface area contributed by atoms with Crippen LogP contribution in [0.25, 0.3) is 0 Å². The number of aliphatic hydroxyl groups excluding tert-OH is 1. The maximum absolute atomic E-state index is 13.8. The highest BCUT2D eigenvalue weighted by atomic mass is 16.4. The zero-order valence-electron chi connectivity index (χ0n) is 19.2. The molecule has 172 valence electrons. The van der Waals surface area contributed by atoms with Crippen molar-refractivity contribution in [1.29, 1.82) is 0 Å². The van der Waals surface area contributed by atoms with Gasteiger partial charge in [0, 0.05) is 23.7 Å². The zero-order chi connectivity index (χ0) is 23.7. The molecule has 7 heteroatoms. The smallest absolute Gasteiger partial charge is 0.313 e. The highest BCUT2D eigenvalue weighted by molar-refractivity contribution is 5.91. The van der Waals surface area contributed by atoms with Crippen molar-refractivity contribution in [2.45, 2.75) is 73.3 Å². The minimum absolute atomic E-state index is 0.0642. The van der Waals surface area contributed by atoms with Crippen molar-refractivity contribution in [3.05, 3.63) is 11.6 Å². The number of Topliss-reactive ketones (excluding diaryl/α,β-unsaturated/α-hetero) is 2. The number of hydrogen-bond acceptors (Lipinski definition) is 5. The molecule has 0 amide bonds. The van der Waals surface area contributed by atoms with E-state index in [1.165, 1.54) is 6.92 Å². The molecule has 0 aromatic rings. The van der Waals surface area contributed by atoms with E-state index < -0.39 is 51.5 Å². The predicted octanol–water partition coefficient (Wildman–Crippen LogP) is 3.10. The molecule has 2 saturated carbocycles. The molecule has 3 rings (SSSR count). The third-order valence-electron chi connectivity index (χ3n) is 9.38. The van der Waals surface area contributed by atoms with Gasteiger partial charge in [0.15, 0.2) is 0 Å². The highest BCUT2D eigenvalue weighted by Crippen LogP contribution is 2.72. The third-order valence-corrected chi connectivity index (χ3v) is 9.38. The number of carboxylic acids is 2. The number of allylic oxidation sites excluding steroid dienone is 1. The normalized spacial score (nSPS) is 42.4. The fraction of sp³-hybridized carbons (Fsp3) is 0.750. The van der Waals surface area contributed by atoms with Crippen molar-refractivity contribution < 1.29 is 34.5 Å². The Bertz CT molecular complexity index is 886. The van der Waals surface area contributed by atoms with E-state index in [9.17, 15) is 34.5 Å². The van der Waals surface area contributed by atoms with Crippen LogP contribution in [-0.2, 0) is 19.2 Å². The van der Waals surface area contributed by atoms with Gasteiger partial charge < -0.3 is 15.3 Å². The van der Waals surface area contributed by atoms with Gasteiger partial charge in [-0.1, -0.05) is 32.4 Å². The lowest BCUT2D eigenvalue weighted by Gasteiger charge is -2.62. The second-order valence-electron chi connectivity index (χ2n) is 11.1. The minimum atomic E-state index is -1.31. The van der Waals surface area contributed by atoms with E-state index in [2.05, 4.69) is 0 Å². The average Bonchev–Trinajstić information content (AvgIpc) is 2.81. The van der Waals surface area contributed by atoms with Crippen molar-refractivity contribution >= 4 is 23.5 Å². The number of fused-ring (bicyclic) bond motifs is 3. The van der Waals surface area contributed by atoms with E-state index in [1.807, 2.05) is 19.9 Å². The molecule has 0 heterocycles. The lowest BCUT2D eigenvalue weighted by molar-refractivity contribution is -0.171. The van der Waals surface area contributed by atoms with Crippen LogP contribution in [0.15, 0.2) is 11.6 Å². The quantitative estimate of drug-likeness (QED) is 0.567. The molecule has 0 radical (unpaired) electrons. The topological polar surface area (TPSA) is 129 Å². The van der Waals surface area contributed by atoms with Gasteiger partial charge >= 0.3 is 11.9 Å². The fourth-order valence-corrected chi connectivity index (χ4v) is 7.48. The van der Waals surface area contributed by atoms with Crippen LogP contribution < -0.4 is 0 Å². The molecule has 0 aromatic heterocycles. The summed E-state index contributed by atoms with van der Waals surface area (Å²) in [7, 11) is 0.